The summed E-state index contributed by atoms with van der Waals surface area (Å²) in [6.07, 6.45) is 5.32. The average molecular weight is 224 g/mol. The Labute approximate surface area is 96.0 Å². The van der Waals surface area contributed by atoms with Crippen LogP contribution in [0.3, 0.4) is 0 Å². The molecular formula is C12H20N2O2. The Morgan fingerprint density at radius 1 is 1.31 bits per heavy atom. The molecule has 3 aliphatic rings. The molecule has 2 atom stereocenters. The molecule has 1 heterocycles. The van der Waals surface area contributed by atoms with Gasteiger partial charge in [-0.05, 0) is 38.0 Å². The largest absolute Gasteiger partial charge is 0.391 e. The minimum Gasteiger partial charge on any atom is -0.391 e. The number of rotatable bonds is 5. The molecule has 0 bridgehead atoms. The first-order chi connectivity index (χ1) is 7.74. The van der Waals surface area contributed by atoms with Crippen molar-refractivity contribution in [1.29, 1.82) is 0 Å². The molecule has 2 unspecified atom stereocenters. The van der Waals surface area contributed by atoms with Gasteiger partial charge in [0.25, 0.3) is 0 Å². The third kappa shape index (κ3) is 2.23. The number of β-amino-alcohol motifs (C(OH)–C–C–N with tert-alkyl or cyclic N) is 1. The van der Waals surface area contributed by atoms with E-state index in [0.29, 0.717) is 18.5 Å². The molecule has 0 aromatic heterocycles. The van der Waals surface area contributed by atoms with E-state index in [-0.39, 0.29) is 18.1 Å². The zero-order valence-corrected chi connectivity index (χ0v) is 9.56. The molecule has 3 fully saturated rings. The number of aliphatic hydroxyl groups is 1. The summed E-state index contributed by atoms with van der Waals surface area (Å²) in [5.74, 6) is 0.662. The summed E-state index contributed by atoms with van der Waals surface area (Å²) in [6, 6.07) is 0.612. The molecule has 2 aliphatic carbocycles. The number of aliphatic hydroxyl groups excluding tert-OH is 1. The molecule has 2 N–H and O–H groups in total. The van der Waals surface area contributed by atoms with Crippen molar-refractivity contribution < 1.29 is 9.90 Å². The predicted molar refractivity (Wildman–Crippen MR) is 59.9 cm³/mol. The highest BCUT2D eigenvalue weighted by Crippen LogP contribution is 2.33. The first kappa shape index (κ1) is 10.5. The summed E-state index contributed by atoms with van der Waals surface area (Å²) in [5.41, 5.74) is 0. The van der Waals surface area contributed by atoms with Crippen molar-refractivity contribution in [2.75, 3.05) is 13.1 Å². The van der Waals surface area contributed by atoms with E-state index in [1.54, 1.807) is 0 Å². The third-order valence-corrected chi connectivity index (χ3v) is 3.89. The van der Waals surface area contributed by atoms with Gasteiger partial charge in [-0.3, -0.25) is 4.79 Å². The van der Waals surface area contributed by atoms with E-state index in [1.165, 1.54) is 12.8 Å². The van der Waals surface area contributed by atoms with Crippen molar-refractivity contribution in [2.24, 2.45) is 5.92 Å². The number of nitrogens with one attached hydrogen (secondary N) is 1. The number of hydrogen-bond acceptors (Lipinski definition) is 3. The fourth-order valence-electron chi connectivity index (χ4n) is 2.47. The van der Waals surface area contributed by atoms with Gasteiger partial charge in [0.15, 0.2) is 0 Å². The van der Waals surface area contributed by atoms with Crippen LogP contribution in [0, 0.1) is 5.92 Å². The quantitative estimate of drug-likeness (QED) is 0.697. The lowest BCUT2D eigenvalue weighted by Crippen LogP contribution is -2.42. The van der Waals surface area contributed by atoms with Crippen molar-refractivity contribution in [1.82, 2.24) is 10.2 Å². The molecule has 90 valence electrons. The van der Waals surface area contributed by atoms with Gasteiger partial charge in [-0.2, -0.15) is 0 Å². The summed E-state index contributed by atoms with van der Waals surface area (Å²) >= 11 is 0. The molecule has 16 heavy (non-hydrogen) atoms. The van der Waals surface area contributed by atoms with Crippen LogP contribution in [0.2, 0.25) is 0 Å². The first-order valence-electron chi connectivity index (χ1n) is 6.47. The van der Waals surface area contributed by atoms with Crippen molar-refractivity contribution in [3.05, 3.63) is 0 Å². The Balaban J connectivity index is 1.50. The Morgan fingerprint density at radius 3 is 2.69 bits per heavy atom. The maximum atomic E-state index is 12.0. The first-order valence-corrected chi connectivity index (χ1v) is 6.47. The van der Waals surface area contributed by atoms with Gasteiger partial charge in [0.05, 0.1) is 12.1 Å². The van der Waals surface area contributed by atoms with Crippen LogP contribution in [0.15, 0.2) is 0 Å². The van der Waals surface area contributed by atoms with Gasteiger partial charge >= 0.3 is 0 Å². The summed E-state index contributed by atoms with van der Waals surface area (Å²) in [6.45, 7) is 1.36. The van der Waals surface area contributed by atoms with Crippen LogP contribution in [0.4, 0.5) is 0 Å². The van der Waals surface area contributed by atoms with Gasteiger partial charge in [0, 0.05) is 19.1 Å². The maximum Gasteiger partial charge on any atom is 0.239 e. The van der Waals surface area contributed by atoms with Crippen molar-refractivity contribution in [2.45, 2.75) is 50.3 Å². The minimum atomic E-state index is -0.288. The second kappa shape index (κ2) is 4.00. The molecule has 1 aliphatic heterocycles. The molecule has 3 rings (SSSR count). The molecule has 4 nitrogen and oxygen atoms in total. The second-order valence-electron chi connectivity index (χ2n) is 5.47. The van der Waals surface area contributed by atoms with Crippen LogP contribution in [-0.4, -0.2) is 47.2 Å². The van der Waals surface area contributed by atoms with Gasteiger partial charge in [0.2, 0.25) is 5.91 Å². The van der Waals surface area contributed by atoms with E-state index in [0.717, 1.165) is 25.8 Å². The van der Waals surface area contributed by atoms with Crippen molar-refractivity contribution in [3.8, 4) is 0 Å². The molecule has 0 aromatic rings. The molecule has 1 saturated heterocycles. The van der Waals surface area contributed by atoms with Crippen LogP contribution < -0.4 is 5.32 Å². The van der Waals surface area contributed by atoms with E-state index in [4.69, 9.17) is 0 Å². The van der Waals surface area contributed by atoms with E-state index in [1.807, 2.05) is 4.90 Å². The standard InChI is InChI=1S/C12H20N2O2/c15-11(8-1-2-8)7-14-6-5-10(12(14)16)13-9-3-4-9/h8-11,13,15H,1-7H2. The van der Waals surface area contributed by atoms with Gasteiger partial charge in [-0.15, -0.1) is 0 Å². The average Bonchev–Trinajstić information content (AvgIpc) is 3.14. The Kier molecular flexibility index (Phi) is 2.64. The van der Waals surface area contributed by atoms with Crippen molar-refractivity contribution >= 4 is 5.91 Å². The van der Waals surface area contributed by atoms with Gasteiger partial charge in [0.1, 0.15) is 0 Å². The van der Waals surface area contributed by atoms with Crippen LogP contribution in [0.5, 0.6) is 0 Å². The molecule has 0 radical (unpaired) electrons. The van der Waals surface area contributed by atoms with E-state index >= 15 is 0 Å². The fourth-order valence-corrected chi connectivity index (χ4v) is 2.47. The normalized spacial score (nSPS) is 32.2. The summed E-state index contributed by atoms with van der Waals surface area (Å²) in [4.78, 5) is 13.8. The minimum absolute atomic E-state index is 0.0268. The van der Waals surface area contributed by atoms with E-state index < -0.39 is 0 Å². The molecule has 1 amide bonds. The highest BCUT2D eigenvalue weighted by Gasteiger charge is 2.38. The number of likely N-dealkylation sites (tertiary alicyclic amines) is 1. The van der Waals surface area contributed by atoms with Crippen LogP contribution in [0.1, 0.15) is 32.1 Å². The monoisotopic (exact) mass is 224 g/mol. The Morgan fingerprint density at radius 2 is 2.06 bits per heavy atom. The molecular weight excluding hydrogens is 204 g/mol. The third-order valence-electron chi connectivity index (χ3n) is 3.89. The zero-order valence-electron chi connectivity index (χ0n) is 9.56. The smallest absolute Gasteiger partial charge is 0.239 e. The highest BCUT2D eigenvalue weighted by atomic mass is 16.3. The summed E-state index contributed by atoms with van der Waals surface area (Å²) in [7, 11) is 0. The molecule has 0 aromatic carbocycles. The van der Waals surface area contributed by atoms with E-state index in [9.17, 15) is 9.90 Å². The molecule has 0 spiro atoms. The lowest BCUT2D eigenvalue weighted by molar-refractivity contribution is -0.130. The lowest BCUT2D eigenvalue weighted by atomic mass is 10.2. The Hall–Kier alpha value is -0.610. The van der Waals surface area contributed by atoms with Crippen molar-refractivity contribution in [3.63, 3.8) is 0 Å². The number of carbonyl (C=O) groups excluding carboxylic acids is 1. The topological polar surface area (TPSA) is 52.6 Å². The zero-order chi connectivity index (χ0) is 11.1. The maximum absolute atomic E-state index is 12.0. The predicted octanol–water partition coefficient (Wildman–Crippen LogP) is 0.110. The number of nitrogens with zero attached hydrogens (tertiary/aromatic N) is 1. The van der Waals surface area contributed by atoms with Crippen LogP contribution >= 0.6 is 0 Å². The molecule has 2 saturated carbocycles. The number of amides is 1. The molecule has 4 heteroatoms. The summed E-state index contributed by atoms with van der Waals surface area (Å²) in [5, 5.41) is 13.2. The Bertz CT molecular complexity index is 287. The number of hydrogen-bond donors (Lipinski definition) is 2. The highest BCUT2D eigenvalue weighted by molar-refractivity contribution is 5.84. The fraction of sp³-hybridized carbons (Fsp3) is 0.917. The second-order valence-corrected chi connectivity index (χ2v) is 5.47. The van der Waals surface area contributed by atoms with Crippen LogP contribution in [-0.2, 0) is 4.79 Å². The van der Waals surface area contributed by atoms with Gasteiger partial charge in [-0.1, -0.05) is 0 Å². The lowest BCUT2D eigenvalue weighted by Gasteiger charge is -2.20. The van der Waals surface area contributed by atoms with Crippen LogP contribution in [0.25, 0.3) is 0 Å². The number of carbonyl (C=O) groups is 1. The van der Waals surface area contributed by atoms with Gasteiger partial charge in [-0.25, -0.2) is 0 Å². The van der Waals surface area contributed by atoms with E-state index in [2.05, 4.69) is 5.32 Å². The van der Waals surface area contributed by atoms with Gasteiger partial charge < -0.3 is 15.3 Å². The SMILES string of the molecule is O=C1C(NC2CC2)CCN1CC(O)C1CC1. The summed E-state index contributed by atoms with van der Waals surface area (Å²) < 4.78 is 0.